The van der Waals surface area contributed by atoms with Crippen LogP contribution < -0.4 is 0 Å². The molecule has 2 unspecified atom stereocenters. The molecule has 2 saturated heterocycles. The molecule has 2 aliphatic heterocycles. The van der Waals surface area contributed by atoms with Gasteiger partial charge in [-0.2, -0.15) is 5.26 Å². The van der Waals surface area contributed by atoms with Gasteiger partial charge in [-0.3, -0.25) is 4.79 Å². The third-order valence-electron chi connectivity index (χ3n) is 8.90. The lowest BCUT2D eigenvalue weighted by atomic mass is 9.63. The summed E-state index contributed by atoms with van der Waals surface area (Å²) in [6.07, 6.45) is 0.675. The minimum Gasteiger partial charge on any atom is -0.424 e. The van der Waals surface area contributed by atoms with Crippen LogP contribution in [0.15, 0.2) is 0 Å². The fraction of sp³-hybridized carbons (Fsp3) is 0.909. The van der Waals surface area contributed by atoms with Crippen molar-refractivity contribution in [2.75, 3.05) is 31.9 Å². The summed E-state index contributed by atoms with van der Waals surface area (Å²) in [6, 6.07) is 2.03. The van der Waals surface area contributed by atoms with E-state index >= 15 is 0 Å². The van der Waals surface area contributed by atoms with Gasteiger partial charge in [0.25, 0.3) is 0 Å². The molecule has 0 spiro atoms. The van der Waals surface area contributed by atoms with E-state index in [-0.39, 0.29) is 39.7 Å². The second-order valence-corrected chi connectivity index (χ2v) is 19.9. The molecule has 2 aliphatic rings. The van der Waals surface area contributed by atoms with Crippen LogP contribution in [0.1, 0.15) is 111 Å². The Balaban J connectivity index is -0.000000511. The summed E-state index contributed by atoms with van der Waals surface area (Å²) in [5, 5.41) is 7.66. The third-order valence-corrected chi connectivity index (χ3v) is 12.8. The Labute approximate surface area is 276 Å². The summed E-state index contributed by atoms with van der Waals surface area (Å²) in [7, 11) is -2.01. The molecule has 12 heteroatoms. The maximum absolute atomic E-state index is 11.6. The van der Waals surface area contributed by atoms with Crippen LogP contribution in [-0.4, -0.2) is 82.1 Å². The van der Waals surface area contributed by atoms with Crippen molar-refractivity contribution in [3.8, 4) is 6.07 Å². The second-order valence-electron chi connectivity index (χ2n) is 15.3. The normalized spacial score (nSPS) is 24.0. The SMILES string of the molecule is CC(C)C#N.CC(C)C(=O)N(C)C.CC(C)C1(C)CS(=O)(=O)CC1(C)C.CC(C)C1(C)OC(=O)OC1(C)C.CC(C)S(C)(=O)=O. The molecule has 0 saturated carbocycles. The minimum absolute atomic E-state index is 0.0637. The van der Waals surface area contributed by atoms with E-state index in [0.29, 0.717) is 17.4 Å². The van der Waals surface area contributed by atoms with Gasteiger partial charge in [0.1, 0.15) is 15.4 Å². The van der Waals surface area contributed by atoms with E-state index in [2.05, 4.69) is 34.6 Å². The molecule has 1 amide bonds. The molecule has 45 heavy (non-hydrogen) atoms. The monoisotopic (exact) mass is 682 g/mol. The van der Waals surface area contributed by atoms with Crippen molar-refractivity contribution in [1.82, 2.24) is 4.90 Å². The van der Waals surface area contributed by atoms with Gasteiger partial charge in [-0.05, 0) is 71.1 Å². The number of hydrogen-bond donors (Lipinski definition) is 0. The van der Waals surface area contributed by atoms with Crippen LogP contribution in [0.4, 0.5) is 4.79 Å². The molecule has 0 N–H and O–H groups in total. The molecule has 0 aromatic rings. The molecule has 0 aromatic heterocycles. The number of ether oxygens (including phenoxy) is 2. The molecule has 0 aliphatic carbocycles. The highest BCUT2D eigenvalue weighted by Crippen LogP contribution is 2.51. The molecule has 268 valence electrons. The van der Waals surface area contributed by atoms with Gasteiger partial charge >= 0.3 is 6.16 Å². The predicted octanol–water partition coefficient (Wildman–Crippen LogP) is 6.79. The number of nitriles is 1. The first-order valence-electron chi connectivity index (χ1n) is 15.6. The molecule has 2 fully saturated rings. The van der Waals surface area contributed by atoms with Crippen molar-refractivity contribution in [3.05, 3.63) is 0 Å². The van der Waals surface area contributed by atoms with Crippen molar-refractivity contribution >= 4 is 31.7 Å². The number of carbonyl (C=O) groups is 2. The predicted molar refractivity (Wildman–Crippen MR) is 184 cm³/mol. The first kappa shape index (κ1) is 47.5. The number of cyclic esters (lactones) is 2. The third kappa shape index (κ3) is 15.5. The van der Waals surface area contributed by atoms with Crippen LogP contribution >= 0.6 is 0 Å². The van der Waals surface area contributed by atoms with Gasteiger partial charge in [-0.25, -0.2) is 21.6 Å². The molecule has 2 atom stereocenters. The minimum atomic E-state index is -2.81. The number of carbonyl (C=O) groups excluding carboxylic acids is 2. The topological polar surface area (TPSA) is 148 Å². The average molecular weight is 683 g/mol. The summed E-state index contributed by atoms with van der Waals surface area (Å²) in [6.45, 7) is 31.0. The van der Waals surface area contributed by atoms with Gasteiger partial charge in [-0.1, -0.05) is 62.3 Å². The van der Waals surface area contributed by atoms with E-state index in [4.69, 9.17) is 14.7 Å². The Morgan fingerprint density at radius 1 is 0.844 bits per heavy atom. The largest absolute Gasteiger partial charge is 0.509 e. The van der Waals surface area contributed by atoms with E-state index in [1.54, 1.807) is 32.8 Å². The first-order chi connectivity index (χ1) is 19.7. The molecule has 0 aromatic carbocycles. The van der Waals surface area contributed by atoms with Crippen LogP contribution in [0.3, 0.4) is 0 Å². The lowest BCUT2D eigenvalue weighted by molar-refractivity contribution is -0.131. The van der Waals surface area contributed by atoms with E-state index in [1.807, 2.05) is 68.4 Å². The zero-order valence-corrected chi connectivity index (χ0v) is 33.4. The fourth-order valence-corrected chi connectivity index (χ4v) is 7.49. The summed E-state index contributed by atoms with van der Waals surface area (Å²) in [4.78, 5) is 23.3. The molecule has 10 nitrogen and oxygen atoms in total. The zero-order valence-electron chi connectivity index (χ0n) is 31.8. The Morgan fingerprint density at radius 2 is 1.22 bits per heavy atom. The number of sulfone groups is 2. The van der Waals surface area contributed by atoms with Crippen molar-refractivity contribution in [2.45, 2.75) is 127 Å². The summed E-state index contributed by atoms with van der Waals surface area (Å²) in [5.41, 5.74) is -1.19. The number of nitrogens with zero attached hydrogens (tertiary/aromatic N) is 2. The van der Waals surface area contributed by atoms with Crippen LogP contribution in [0.25, 0.3) is 0 Å². The lowest BCUT2D eigenvalue weighted by Crippen LogP contribution is -2.48. The molecule has 2 heterocycles. The summed E-state index contributed by atoms with van der Waals surface area (Å²) >= 11 is 0. The molecular weight excluding hydrogens is 617 g/mol. The second kappa shape index (κ2) is 17.9. The quantitative estimate of drug-likeness (QED) is 0.292. The standard InChI is InChI=1S/C10H20O2S.C9H16O3.C6H13NO.C4H7N.C4H10O2S/c1-8(2)10(5)7-13(11,12)6-9(10,3)4;1-6(2)9(5)8(3,4)11-7(10)12-9;1-5(2)6(8)7(3)4;1-4(2)3-5;1-4(2)7(3,5)6/h8H,6-7H2,1-5H3;6H,1-5H3;5H,1-4H3;4H,1-2H3;4H,1-3H3. The molecule has 0 bridgehead atoms. The van der Waals surface area contributed by atoms with Crippen molar-refractivity contribution in [1.29, 1.82) is 5.26 Å². The lowest BCUT2D eigenvalue weighted by Gasteiger charge is -2.40. The van der Waals surface area contributed by atoms with E-state index in [0.717, 1.165) is 0 Å². The molecule has 0 radical (unpaired) electrons. The molecule has 2 rings (SSSR count). The highest BCUT2D eigenvalue weighted by molar-refractivity contribution is 7.91. The smallest absolute Gasteiger partial charge is 0.424 e. The van der Waals surface area contributed by atoms with Crippen LogP contribution in [0, 0.1) is 45.8 Å². The van der Waals surface area contributed by atoms with E-state index < -0.39 is 37.0 Å². The van der Waals surface area contributed by atoms with Gasteiger partial charge in [0.2, 0.25) is 5.91 Å². The van der Waals surface area contributed by atoms with Crippen molar-refractivity contribution < 1.29 is 35.9 Å². The van der Waals surface area contributed by atoms with Crippen LogP contribution in [0.2, 0.25) is 0 Å². The average Bonchev–Trinajstić information content (AvgIpc) is 3.15. The number of rotatable bonds is 4. The highest BCUT2D eigenvalue weighted by atomic mass is 32.2. The van der Waals surface area contributed by atoms with Gasteiger partial charge in [0, 0.05) is 32.2 Å². The highest BCUT2D eigenvalue weighted by Gasteiger charge is 2.56. The van der Waals surface area contributed by atoms with Crippen molar-refractivity contribution in [3.63, 3.8) is 0 Å². The molecular formula is C33H66N2O8S2. The Kier molecular flexibility index (Phi) is 18.9. The van der Waals surface area contributed by atoms with Crippen molar-refractivity contribution in [2.24, 2.45) is 34.5 Å². The maximum Gasteiger partial charge on any atom is 0.509 e. The maximum atomic E-state index is 11.6. The Bertz CT molecular complexity index is 1190. The Hall–Kier alpha value is -1.87. The number of hydrogen-bond acceptors (Lipinski definition) is 9. The van der Waals surface area contributed by atoms with Gasteiger partial charge in [0.05, 0.1) is 22.8 Å². The Morgan fingerprint density at radius 3 is 1.31 bits per heavy atom. The zero-order chi connectivity index (χ0) is 37.2. The summed E-state index contributed by atoms with van der Waals surface area (Å²) < 4.78 is 54.0. The van der Waals surface area contributed by atoms with Gasteiger partial charge in [-0.15, -0.1) is 0 Å². The fourth-order valence-electron chi connectivity index (χ4n) is 4.32. The number of amides is 1. The van der Waals surface area contributed by atoms with E-state index in [9.17, 15) is 26.4 Å². The van der Waals surface area contributed by atoms with Gasteiger partial charge in [0.15, 0.2) is 15.4 Å². The summed E-state index contributed by atoms with van der Waals surface area (Å²) in [5.74, 6) is 1.86. The van der Waals surface area contributed by atoms with Gasteiger partial charge < -0.3 is 14.4 Å². The van der Waals surface area contributed by atoms with Crippen LogP contribution in [0.5, 0.6) is 0 Å². The van der Waals surface area contributed by atoms with Crippen LogP contribution in [-0.2, 0) is 33.9 Å². The first-order valence-corrected chi connectivity index (χ1v) is 19.4. The van der Waals surface area contributed by atoms with E-state index in [1.165, 1.54) is 6.26 Å².